The van der Waals surface area contributed by atoms with Crippen LogP contribution in [-0.2, 0) is 16.6 Å². The van der Waals surface area contributed by atoms with Gasteiger partial charge >= 0.3 is 5.69 Å². The zero-order valence-corrected chi connectivity index (χ0v) is 16.5. The van der Waals surface area contributed by atoms with Crippen LogP contribution in [0.5, 0.6) is 0 Å². The number of ketones is 1. The van der Waals surface area contributed by atoms with E-state index in [2.05, 4.69) is 14.9 Å². The van der Waals surface area contributed by atoms with Gasteiger partial charge in [-0.3, -0.25) is 14.1 Å². The Kier molecular flexibility index (Phi) is 6.65. The van der Waals surface area contributed by atoms with E-state index in [1.165, 1.54) is 28.5 Å². The van der Waals surface area contributed by atoms with Gasteiger partial charge in [-0.2, -0.15) is 0 Å². The smallest absolute Gasteiger partial charge is 0.293 e. The number of Topliss-reactive ketones (excluding diaryl/α,β-unsaturated/α-hetero) is 1. The van der Waals surface area contributed by atoms with Crippen LogP contribution in [0.2, 0.25) is 0 Å². The van der Waals surface area contributed by atoms with Crippen molar-refractivity contribution in [3.8, 4) is 0 Å². The van der Waals surface area contributed by atoms with Crippen LogP contribution in [0.15, 0.2) is 34.2 Å². The highest BCUT2D eigenvalue weighted by Crippen LogP contribution is 2.24. The number of rotatable bonds is 9. The van der Waals surface area contributed by atoms with Crippen LogP contribution < -0.4 is 10.4 Å². The molecule has 1 unspecified atom stereocenters. The largest absolute Gasteiger partial charge is 0.343 e. The topological polar surface area (TPSA) is 114 Å². The van der Waals surface area contributed by atoms with E-state index < -0.39 is 15.3 Å². The molecule has 10 heteroatoms. The molecule has 2 N–H and O–H groups in total. The van der Waals surface area contributed by atoms with Crippen molar-refractivity contribution in [3.63, 3.8) is 0 Å². The zero-order chi connectivity index (χ0) is 19.3. The van der Waals surface area contributed by atoms with Gasteiger partial charge < -0.3 is 0 Å². The Bertz CT molecular complexity index is 916. The Labute approximate surface area is 156 Å². The normalized spacial score (nSPS) is 12.7. The number of carbonyl (C=O) groups excluding carboxylic acids is 1. The number of nitrogens with zero attached hydrogens (tertiary/aromatic N) is 2. The number of thioether (sulfide) groups is 1. The van der Waals surface area contributed by atoms with E-state index in [0.717, 1.165) is 19.1 Å². The molecule has 1 aromatic heterocycles. The minimum absolute atomic E-state index is 0.126. The maximum atomic E-state index is 12.6. The monoisotopic (exact) mass is 398 g/mol. The molecule has 0 aliphatic rings. The van der Waals surface area contributed by atoms with Gasteiger partial charge in [-0.1, -0.05) is 25.1 Å². The SMILES string of the molecule is CCCCn1c(SC(C)C(=O)c2ccc(NS(C)(=O)=O)cc2)n[nH]c1=O. The summed E-state index contributed by atoms with van der Waals surface area (Å²) in [7, 11) is -3.36. The van der Waals surface area contributed by atoms with Gasteiger partial charge in [0, 0.05) is 17.8 Å². The average Bonchev–Trinajstić information content (AvgIpc) is 2.91. The number of anilines is 1. The van der Waals surface area contributed by atoms with Crippen LogP contribution >= 0.6 is 11.8 Å². The number of aromatic nitrogens is 3. The molecule has 0 bridgehead atoms. The van der Waals surface area contributed by atoms with Crippen molar-refractivity contribution in [2.45, 2.75) is 43.6 Å². The van der Waals surface area contributed by atoms with Crippen LogP contribution in [0.25, 0.3) is 0 Å². The molecule has 1 atom stereocenters. The maximum Gasteiger partial charge on any atom is 0.343 e. The van der Waals surface area contributed by atoms with Crippen molar-refractivity contribution in [2.75, 3.05) is 11.0 Å². The van der Waals surface area contributed by atoms with Crippen molar-refractivity contribution in [1.29, 1.82) is 0 Å². The molecule has 8 nitrogen and oxygen atoms in total. The molecule has 0 saturated carbocycles. The Balaban J connectivity index is 2.09. The van der Waals surface area contributed by atoms with Crippen LogP contribution in [0.1, 0.15) is 37.0 Å². The number of nitrogens with one attached hydrogen (secondary N) is 2. The summed E-state index contributed by atoms with van der Waals surface area (Å²) >= 11 is 1.22. The minimum Gasteiger partial charge on any atom is -0.293 e. The van der Waals surface area contributed by atoms with Crippen molar-refractivity contribution in [1.82, 2.24) is 14.8 Å². The van der Waals surface area contributed by atoms with Gasteiger partial charge in [0.05, 0.1) is 11.5 Å². The molecule has 2 rings (SSSR count). The standard InChI is InChI=1S/C16H22N4O4S2/c1-4-5-10-20-15(22)17-18-16(20)25-11(2)14(21)12-6-8-13(9-7-12)19-26(3,23)24/h6-9,11,19H,4-5,10H2,1-3H3,(H,17,22). The van der Waals surface area contributed by atoms with Crippen LogP contribution in [0.3, 0.4) is 0 Å². The second-order valence-electron chi connectivity index (χ2n) is 5.89. The fourth-order valence-electron chi connectivity index (χ4n) is 2.27. The fourth-order valence-corrected chi connectivity index (χ4v) is 3.79. The van der Waals surface area contributed by atoms with Crippen molar-refractivity contribution in [2.24, 2.45) is 0 Å². The van der Waals surface area contributed by atoms with Crippen molar-refractivity contribution < 1.29 is 13.2 Å². The summed E-state index contributed by atoms with van der Waals surface area (Å²) in [6.45, 7) is 4.34. The minimum atomic E-state index is -3.36. The Morgan fingerprint density at radius 1 is 1.35 bits per heavy atom. The Morgan fingerprint density at radius 2 is 2.00 bits per heavy atom. The molecular formula is C16H22N4O4S2. The number of sulfonamides is 1. The molecule has 142 valence electrons. The first-order valence-corrected chi connectivity index (χ1v) is 10.9. The highest BCUT2D eigenvalue weighted by atomic mass is 32.2. The number of carbonyl (C=O) groups is 1. The summed E-state index contributed by atoms with van der Waals surface area (Å²) in [5.41, 5.74) is 0.573. The predicted octanol–water partition coefficient (Wildman–Crippen LogP) is 2.11. The summed E-state index contributed by atoms with van der Waals surface area (Å²) in [6.07, 6.45) is 2.86. The highest BCUT2D eigenvalue weighted by Gasteiger charge is 2.20. The third-order valence-corrected chi connectivity index (χ3v) is 5.28. The fraction of sp³-hybridized carbons (Fsp3) is 0.438. The van der Waals surface area contributed by atoms with E-state index in [9.17, 15) is 18.0 Å². The second kappa shape index (κ2) is 8.54. The van der Waals surface area contributed by atoms with Crippen LogP contribution in [-0.4, -0.2) is 40.5 Å². The summed E-state index contributed by atoms with van der Waals surface area (Å²) in [4.78, 5) is 24.4. The highest BCUT2D eigenvalue weighted by molar-refractivity contribution is 8.00. The first kappa shape index (κ1) is 20.2. The van der Waals surface area contributed by atoms with Gasteiger partial charge in [0.2, 0.25) is 10.0 Å². The molecule has 0 saturated heterocycles. The third kappa shape index (κ3) is 5.46. The van der Waals surface area contributed by atoms with Gasteiger partial charge in [0.25, 0.3) is 0 Å². The molecule has 1 aromatic carbocycles. The van der Waals surface area contributed by atoms with Crippen molar-refractivity contribution in [3.05, 3.63) is 40.3 Å². The van der Waals surface area contributed by atoms with E-state index in [-0.39, 0.29) is 11.5 Å². The number of unbranched alkanes of at least 4 members (excludes halogenated alkanes) is 1. The molecule has 1 heterocycles. The molecular weight excluding hydrogens is 376 g/mol. The van der Waals surface area contributed by atoms with Crippen LogP contribution in [0, 0.1) is 0 Å². The van der Waals surface area contributed by atoms with Crippen molar-refractivity contribution >= 4 is 33.3 Å². The summed E-state index contributed by atoms with van der Waals surface area (Å²) in [5, 5.41) is 6.46. The van der Waals surface area contributed by atoms with E-state index in [0.29, 0.717) is 23.0 Å². The lowest BCUT2D eigenvalue weighted by atomic mass is 10.1. The number of H-pyrrole nitrogens is 1. The van der Waals surface area contributed by atoms with E-state index in [1.54, 1.807) is 19.1 Å². The summed E-state index contributed by atoms with van der Waals surface area (Å²) < 4.78 is 26.3. The Hall–Kier alpha value is -2.07. The van der Waals surface area contributed by atoms with Gasteiger partial charge in [0.1, 0.15) is 0 Å². The number of aromatic amines is 1. The average molecular weight is 399 g/mol. The molecule has 26 heavy (non-hydrogen) atoms. The molecule has 0 radical (unpaired) electrons. The number of benzene rings is 1. The second-order valence-corrected chi connectivity index (χ2v) is 8.95. The number of hydrogen-bond donors (Lipinski definition) is 2. The van der Waals surface area contributed by atoms with Gasteiger partial charge in [-0.15, -0.1) is 5.10 Å². The van der Waals surface area contributed by atoms with E-state index in [4.69, 9.17) is 0 Å². The summed E-state index contributed by atoms with van der Waals surface area (Å²) in [6, 6.07) is 6.22. The van der Waals surface area contributed by atoms with E-state index >= 15 is 0 Å². The van der Waals surface area contributed by atoms with Gasteiger partial charge in [-0.05, 0) is 37.6 Å². The maximum absolute atomic E-state index is 12.6. The molecule has 2 aromatic rings. The lowest BCUT2D eigenvalue weighted by Gasteiger charge is -2.11. The first-order valence-electron chi connectivity index (χ1n) is 8.15. The summed E-state index contributed by atoms with van der Waals surface area (Å²) in [5.74, 6) is -0.126. The molecule has 0 aliphatic heterocycles. The Morgan fingerprint density at radius 3 is 2.58 bits per heavy atom. The lowest BCUT2D eigenvalue weighted by molar-refractivity contribution is 0.0994. The molecule has 0 fully saturated rings. The van der Waals surface area contributed by atoms with E-state index in [1.807, 2.05) is 6.92 Å². The van der Waals surface area contributed by atoms with Gasteiger partial charge in [-0.25, -0.2) is 18.3 Å². The molecule has 0 aliphatic carbocycles. The van der Waals surface area contributed by atoms with Crippen LogP contribution in [0.4, 0.5) is 5.69 Å². The lowest BCUT2D eigenvalue weighted by Crippen LogP contribution is -2.19. The predicted molar refractivity (Wildman–Crippen MR) is 102 cm³/mol. The molecule has 0 spiro atoms. The third-order valence-electron chi connectivity index (χ3n) is 3.58. The molecule has 0 amide bonds. The first-order chi connectivity index (χ1) is 12.2. The zero-order valence-electron chi connectivity index (χ0n) is 14.9. The number of hydrogen-bond acceptors (Lipinski definition) is 6. The quantitative estimate of drug-likeness (QED) is 0.494. The van der Waals surface area contributed by atoms with Gasteiger partial charge in [0.15, 0.2) is 10.9 Å².